The monoisotopic (exact) mass is 134 g/mol. The average Bonchev–Trinajstić information content (AvgIpc) is 2.68. The summed E-state index contributed by atoms with van der Waals surface area (Å²) in [6.07, 6.45) is 3.80. The molecule has 0 unspecified atom stereocenters. The summed E-state index contributed by atoms with van der Waals surface area (Å²) in [6, 6.07) is 2.17. The van der Waals surface area contributed by atoms with Gasteiger partial charge in [-0.25, -0.2) is 0 Å². The van der Waals surface area contributed by atoms with Crippen molar-refractivity contribution in [2.45, 2.75) is 6.92 Å². The summed E-state index contributed by atoms with van der Waals surface area (Å²) in [5.41, 5.74) is 2.50. The molecule has 2 rings (SSSR count). The predicted octanol–water partition coefficient (Wildman–Crippen LogP) is 1.21. The minimum Gasteiger partial charge on any atom is -0.367 e. The van der Waals surface area contributed by atoms with Gasteiger partial charge >= 0.3 is 0 Å². The van der Waals surface area contributed by atoms with Crippen LogP contribution >= 0.6 is 0 Å². The van der Waals surface area contributed by atoms with Crippen LogP contribution in [0, 0.1) is 6.92 Å². The van der Waals surface area contributed by atoms with Crippen molar-refractivity contribution in [3.05, 3.63) is 24.0 Å². The first-order valence-electron chi connectivity index (χ1n) is 3.53. The van der Waals surface area contributed by atoms with Crippen LogP contribution in [0.5, 0.6) is 0 Å². The van der Waals surface area contributed by atoms with Crippen LogP contribution in [0.4, 0.5) is 5.69 Å². The lowest BCUT2D eigenvalue weighted by molar-refractivity contribution is 1.23. The number of rotatable bonds is 1. The Bertz CT molecular complexity index is 241. The fourth-order valence-corrected chi connectivity index (χ4v) is 1.02. The maximum atomic E-state index is 4.10. The molecule has 2 heteroatoms. The van der Waals surface area contributed by atoms with Crippen molar-refractivity contribution in [3.63, 3.8) is 0 Å². The Kier molecular flexibility index (Phi) is 1.13. The molecule has 1 aromatic rings. The minimum atomic E-state index is 1.20. The van der Waals surface area contributed by atoms with Gasteiger partial charge in [-0.1, -0.05) is 0 Å². The normalized spacial score (nSPS) is 15.5. The molecule has 0 saturated carbocycles. The van der Waals surface area contributed by atoms with E-state index in [0.29, 0.717) is 0 Å². The lowest BCUT2D eigenvalue weighted by atomic mass is 10.3. The van der Waals surface area contributed by atoms with Gasteiger partial charge in [0.2, 0.25) is 0 Å². The molecule has 0 atom stereocenters. The van der Waals surface area contributed by atoms with Gasteiger partial charge < -0.3 is 4.90 Å². The molecule has 2 heterocycles. The van der Waals surface area contributed by atoms with Gasteiger partial charge in [-0.3, -0.25) is 4.98 Å². The van der Waals surface area contributed by atoms with E-state index >= 15 is 0 Å². The van der Waals surface area contributed by atoms with E-state index in [-0.39, 0.29) is 0 Å². The zero-order valence-electron chi connectivity index (χ0n) is 6.04. The third-order valence-electron chi connectivity index (χ3n) is 1.67. The molecule has 0 aromatic carbocycles. The van der Waals surface area contributed by atoms with Crippen LogP contribution in [0.2, 0.25) is 0 Å². The van der Waals surface area contributed by atoms with Crippen molar-refractivity contribution < 1.29 is 0 Å². The van der Waals surface area contributed by atoms with E-state index in [2.05, 4.69) is 22.9 Å². The number of aromatic nitrogens is 1. The fourth-order valence-electron chi connectivity index (χ4n) is 1.02. The Morgan fingerprint density at radius 1 is 1.40 bits per heavy atom. The van der Waals surface area contributed by atoms with Crippen LogP contribution in [0.15, 0.2) is 18.5 Å². The van der Waals surface area contributed by atoms with Gasteiger partial charge in [-0.05, 0) is 18.6 Å². The van der Waals surface area contributed by atoms with E-state index < -0.39 is 0 Å². The molecule has 0 spiro atoms. The van der Waals surface area contributed by atoms with Crippen molar-refractivity contribution in [2.75, 3.05) is 18.0 Å². The van der Waals surface area contributed by atoms with Crippen LogP contribution < -0.4 is 4.90 Å². The lowest BCUT2D eigenvalue weighted by Crippen LogP contribution is -1.91. The molecule has 0 radical (unpaired) electrons. The van der Waals surface area contributed by atoms with E-state index in [9.17, 15) is 0 Å². The van der Waals surface area contributed by atoms with E-state index in [0.717, 1.165) is 0 Å². The molecular formula is C8H10N2. The van der Waals surface area contributed by atoms with Gasteiger partial charge in [-0.2, -0.15) is 0 Å². The second-order valence-electron chi connectivity index (χ2n) is 2.71. The molecule has 1 aromatic heterocycles. The van der Waals surface area contributed by atoms with Crippen molar-refractivity contribution in [3.8, 4) is 0 Å². The number of hydrogen-bond donors (Lipinski definition) is 0. The summed E-state index contributed by atoms with van der Waals surface area (Å²) in [4.78, 5) is 6.40. The van der Waals surface area contributed by atoms with E-state index in [1.165, 1.54) is 24.3 Å². The van der Waals surface area contributed by atoms with Crippen LogP contribution in [-0.2, 0) is 0 Å². The smallest absolute Gasteiger partial charge is 0.0556 e. The van der Waals surface area contributed by atoms with Crippen molar-refractivity contribution >= 4 is 5.69 Å². The molecule has 1 aliphatic rings. The number of hydrogen-bond acceptors (Lipinski definition) is 2. The first-order chi connectivity index (χ1) is 4.86. The third-order valence-corrected chi connectivity index (χ3v) is 1.67. The summed E-state index contributed by atoms with van der Waals surface area (Å²) < 4.78 is 0. The number of aryl methyl sites for hydroxylation is 1. The molecule has 1 aliphatic heterocycles. The number of anilines is 1. The van der Waals surface area contributed by atoms with E-state index in [1.807, 2.05) is 12.4 Å². The molecule has 0 aliphatic carbocycles. The Balaban J connectivity index is 2.32. The summed E-state index contributed by atoms with van der Waals surface area (Å²) in [5.74, 6) is 0. The molecule has 52 valence electrons. The van der Waals surface area contributed by atoms with Gasteiger partial charge in [0, 0.05) is 19.3 Å². The topological polar surface area (TPSA) is 15.9 Å². The lowest BCUT2D eigenvalue weighted by Gasteiger charge is -2.00. The molecule has 0 bridgehead atoms. The quantitative estimate of drug-likeness (QED) is 0.536. The zero-order chi connectivity index (χ0) is 6.97. The molecule has 10 heavy (non-hydrogen) atoms. The summed E-state index contributed by atoms with van der Waals surface area (Å²) in [7, 11) is 0. The fraction of sp³-hybridized carbons (Fsp3) is 0.375. The van der Waals surface area contributed by atoms with Crippen molar-refractivity contribution in [1.82, 2.24) is 4.98 Å². The molecule has 1 saturated heterocycles. The highest BCUT2D eigenvalue weighted by Gasteiger charge is 2.17. The van der Waals surface area contributed by atoms with Crippen LogP contribution in [0.1, 0.15) is 5.56 Å². The molecular weight excluding hydrogens is 124 g/mol. The van der Waals surface area contributed by atoms with E-state index in [1.54, 1.807) is 0 Å². The second kappa shape index (κ2) is 1.97. The van der Waals surface area contributed by atoms with Gasteiger partial charge in [0.15, 0.2) is 0 Å². The minimum absolute atomic E-state index is 1.20. The van der Waals surface area contributed by atoms with Crippen molar-refractivity contribution in [1.29, 1.82) is 0 Å². The Morgan fingerprint density at radius 3 is 2.80 bits per heavy atom. The van der Waals surface area contributed by atoms with E-state index in [4.69, 9.17) is 0 Å². The summed E-state index contributed by atoms with van der Waals surface area (Å²) >= 11 is 0. The summed E-state index contributed by atoms with van der Waals surface area (Å²) in [6.45, 7) is 4.47. The van der Waals surface area contributed by atoms with Gasteiger partial charge in [-0.15, -0.1) is 0 Å². The third kappa shape index (κ3) is 0.967. The number of pyridine rings is 1. The Hall–Kier alpha value is -1.05. The second-order valence-corrected chi connectivity index (χ2v) is 2.71. The maximum absolute atomic E-state index is 4.10. The van der Waals surface area contributed by atoms with Crippen LogP contribution in [0.3, 0.4) is 0 Å². The number of nitrogens with zero attached hydrogens (tertiary/aromatic N) is 2. The predicted molar refractivity (Wildman–Crippen MR) is 41.2 cm³/mol. The highest BCUT2D eigenvalue weighted by molar-refractivity contribution is 5.50. The van der Waals surface area contributed by atoms with Gasteiger partial charge in [0.25, 0.3) is 0 Å². The first kappa shape index (κ1) is 5.71. The van der Waals surface area contributed by atoms with Gasteiger partial charge in [0.1, 0.15) is 0 Å². The van der Waals surface area contributed by atoms with Gasteiger partial charge in [0.05, 0.1) is 11.9 Å². The highest BCUT2D eigenvalue weighted by atomic mass is 15.3. The van der Waals surface area contributed by atoms with Crippen molar-refractivity contribution in [2.24, 2.45) is 0 Å². The molecule has 1 fully saturated rings. The summed E-state index contributed by atoms with van der Waals surface area (Å²) in [5, 5.41) is 0. The molecule has 0 N–H and O–H groups in total. The van der Waals surface area contributed by atoms with Crippen LogP contribution in [0.25, 0.3) is 0 Å². The highest BCUT2D eigenvalue weighted by Crippen LogP contribution is 2.19. The SMILES string of the molecule is Cc1cncc(N2CC2)c1. The maximum Gasteiger partial charge on any atom is 0.0556 e. The molecule has 2 nitrogen and oxygen atoms in total. The molecule has 0 amide bonds. The first-order valence-corrected chi connectivity index (χ1v) is 3.53. The Labute approximate surface area is 60.5 Å². The largest absolute Gasteiger partial charge is 0.367 e. The standard InChI is InChI=1S/C8H10N2/c1-7-4-8(6-9-5-7)10-2-3-10/h4-6H,2-3H2,1H3. The zero-order valence-corrected chi connectivity index (χ0v) is 6.04. The Morgan fingerprint density at radius 2 is 2.20 bits per heavy atom. The van der Waals surface area contributed by atoms with Crippen LogP contribution in [-0.4, -0.2) is 18.1 Å². The average molecular weight is 134 g/mol.